The number of H-pyrrole nitrogens is 1. The first kappa shape index (κ1) is 10.9. The van der Waals surface area contributed by atoms with Crippen molar-refractivity contribution < 1.29 is 4.39 Å². The fraction of sp³-hybridized carbons (Fsp3) is 0.308. The number of aromatic nitrogens is 1. The predicted molar refractivity (Wildman–Crippen MR) is 63.4 cm³/mol. The average Bonchev–Trinajstić information content (AvgIpc) is 2.21. The van der Waals surface area contributed by atoms with Gasteiger partial charge in [0, 0.05) is 16.6 Å². The fourth-order valence-electron chi connectivity index (χ4n) is 2.11. The van der Waals surface area contributed by atoms with Gasteiger partial charge >= 0.3 is 0 Å². The van der Waals surface area contributed by atoms with E-state index in [4.69, 9.17) is 0 Å². The summed E-state index contributed by atoms with van der Waals surface area (Å²) in [6.07, 6.45) is 0.659. The van der Waals surface area contributed by atoms with E-state index < -0.39 is 0 Å². The zero-order chi connectivity index (χ0) is 11.9. The van der Waals surface area contributed by atoms with Crippen LogP contribution in [0.25, 0.3) is 10.9 Å². The highest BCUT2D eigenvalue weighted by Gasteiger charge is 2.10. The van der Waals surface area contributed by atoms with E-state index in [1.54, 1.807) is 6.92 Å². The fourth-order valence-corrected chi connectivity index (χ4v) is 2.11. The number of fused-ring (bicyclic) bond motifs is 1. The summed E-state index contributed by atoms with van der Waals surface area (Å²) in [7, 11) is 0. The Morgan fingerprint density at radius 2 is 2.00 bits per heavy atom. The molecule has 0 amide bonds. The monoisotopic (exact) mass is 219 g/mol. The van der Waals surface area contributed by atoms with Gasteiger partial charge in [0.15, 0.2) is 5.43 Å². The molecule has 2 aromatic rings. The first-order chi connectivity index (χ1) is 7.54. The Morgan fingerprint density at radius 1 is 1.31 bits per heavy atom. The average molecular weight is 219 g/mol. The molecule has 0 aliphatic heterocycles. The summed E-state index contributed by atoms with van der Waals surface area (Å²) in [5.41, 5.74) is 3.04. The second-order valence-electron chi connectivity index (χ2n) is 4.06. The summed E-state index contributed by atoms with van der Waals surface area (Å²) in [5, 5.41) is 0.444. The van der Waals surface area contributed by atoms with E-state index in [9.17, 15) is 9.18 Å². The largest absolute Gasteiger partial charge is 0.358 e. The molecule has 84 valence electrons. The third-order valence-corrected chi connectivity index (χ3v) is 2.94. The highest BCUT2D eigenvalue weighted by atomic mass is 19.1. The number of rotatable bonds is 1. The van der Waals surface area contributed by atoms with E-state index in [1.807, 2.05) is 13.8 Å². The number of hydrogen-bond donors (Lipinski definition) is 1. The minimum atomic E-state index is -0.360. The Bertz CT molecular complexity index is 613. The van der Waals surface area contributed by atoms with Crippen LogP contribution in [0.15, 0.2) is 16.9 Å². The Labute approximate surface area is 93.1 Å². The molecule has 16 heavy (non-hydrogen) atoms. The van der Waals surface area contributed by atoms with Gasteiger partial charge in [0.05, 0.1) is 5.52 Å². The molecule has 0 fully saturated rings. The van der Waals surface area contributed by atoms with Crippen molar-refractivity contribution in [1.82, 2.24) is 4.98 Å². The van der Waals surface area contributed by atoms with Crippen LogP contribution in [0.2, 0.25) is 0 Å². The first-order valence-electron chi connectivity index (χ1n) is 5.36. The SMILES string of the molecule is CCc1c(C)[nH]c2c(C)cc(F)cc2c1=O. The van der Waals surface area contributed by atoms with E-state index in [1.165, 1.54) is 12.1 Å². The maximum atomic E-state index is 13.3. The second kappa shape index (κ2) is 3.74. The molecule has 0 unspecified atom stereocenters. The molecule has 0 aliphatic carbocycles. The molecule has 0 spiro atoms. The van der Waals surface area contributed by atoms with Crippen molar-refractivity contribution in [2.24, 2.45) is 0 Å². The number of benzene rings is 1. The van der Waals surface area contributed by atoms with Crippen LogP contribution in [-0.4, -0.2) is 4.98 Å². The molecule has 0 saturated heterocycles. The smallest absolute Gasteiger partial charge is 0.192 e. The molecular formula is C13H14FNO. The highest BCUT2D eigenvalue weighted by molar-refractivity contribution is 5.82. The van der Waals surface area contributed by atoms with Crippen LogP contribution in [0.1, 0.15) is 23.7 Å². The van der Waals surface area contributed by atoms with Crippen molar-refractivity contribution in [3.05, 3.63) is 45.0 Å². The molecule has 0 bridgehead atoms. The molecule has 1 aromatic heterocycles. The van der Waals surface area contributed by atoms with E-state index >= 15 is 0 Å². The van der Waals surface area contributed by atoms with Crippen LogP contribution in [-0.2, 0) is 6.42 Å². The molecule has 0 atom stereocenters. The van der Waals surface area contributed by atoms with Crippen molar-refractivity contribution in [2.45, 2.75) is 27.2 Å². The number of halogens is 1. The minimum Gasteiger partial charge on any atom is -0.358 e. The second-order valence-corrected chi connectivity index (χ2v) is 4.06. The van der Waals surface area contributed by atoms with Crippen LogP contribution in [0.4, 0.5) is 4.39 Å². The van der Waals surface area contributed by atoms with Crippen molar-refractivity contribution in [3.8, 4) is 0 Å². The summed E-state index contributed by atoms with van der Waals surface area (Å²) in [6, 6.07) is 2.74. The van der Waals surface area contributed by atoms with E-state index in [2.05, 4.69) is 4.98 Å². The van der Waals surface area contributed by atoms with Gasteiger partial charge in [-0.05, 0) is 38.0 Å². The summed E-state index contributed by atoms with van der Waals surface area (Å²) in [4.78, 5) is 15.3. The predicted octanol–water partition coefficient (Wildman–Crippen LogP) is 2.85. The van der Waals surface area contributed by atoms with Crippen LogP contribution < -0.4 is 5.43 Å². The lowest BCUT2D eigenvalue weighted by Crippen LogP contribution is -2.13. The molecular weight excluding hydrogens is 205 g/mol. The molecule has 2 rings (SSSR count). The standard InChI is InChI=1S/C13H14FNO/c1-4-10-8(3)15-12-7(2)5-9(14)6-11(12)13(10)16/h5-6H,4H2,1-3H3,(H,15,16). The minimum absolute atomic E-state index is 0.0589. The molecule has 3 heteroatoms. The highest BCUT2D eigenvalue weighted by Crippen LogP contribution is 2.17. The molecule has 1 aromatic carbocycles. The van der Waals surface area contributed by atoms with E-state index in [0.717, 1.165) is 22.3 Å². The van der Waals surface area contributed by atoms with Crippen LogP contribution >= 0.6 is 0 Å². The lowest BCUT2D eigenvalue weighted by atomic mass is 10.0. The first-order valence-corrected chi connectivity index (χ1v) is 5.36. The van der Waals surface area contributed by atoms with Gasteiger partial charge in [0.25, 0.3) is 0 Å². The number of aromatic amines is 1. The van der Waals surface area contributed by atoms with Gasteiger partial charge < -0.3 is 4.98 Å². The van der Waals surface area contributed by atoms with Gasteiger partial charge in [-0.25, -0.2) is 4.39 Å². The lowest BCUT2D eigenvalue weighted by molar-refractivity contribution is 0.628. The van der Waals surface area contributed by atoms with E-state index in [-0.39, 0.29) is 11.2 Å². The Balaban J connectivity index is 2.99. The molecule has 1 N–H and O–H groups in total. The lowest BCUT2D eigenvalue weighted by Gasteiger charge is -2.08. The van der Waals surface area contributed by atoms with Gasteiger partial charge in [0.1, 0.15) is 5.82 Å². The maximum absolute atomic E-state index is 13.3. The van der Waals surface area contributed by atoms with Crippen molar-refractivity contribution in [3.63, 3.8) is 0 Å². The maximum Gasteiger partial charge on any atom is 0.192 e. The number of pyridine rings is 1. The zero-order valence-corrected chi connectivity index (χ0v) is 9.65. The molecule has 1 heterocycles. The number of aryl methyl sites for hydroxylation is 2. The van der Waals surface area contributed by atoms with Gasteiger partial charge in [-0.15, -0.1) is 0 Å². The number of nitrogens with one attached hydrogen (secondary N) is 1. The Kier molecular flexibility index (Phi) is 2.54. The van der Waals surface area contributed by atoms with Crippen molar-refractivity contribution in [2.75, 3.05) is 0 Å². The quantitative estimate of drug-likeness (QED) is 0.786. The molecule has 0 radical (unpaired) electrons. The van der Waals surface area contributed by atoms with Crippen LogP contribution in [0.3, 0.4) is 0 Å². The van der Waals surface area contributed by atoms with Crippen LogP contribution in [0, 0.1) is 19.7 Å². The summed E-state index contributed by atoms with van der Waals surface area (Å²) in [6.45, 7) is 5.60. The topological polar surface area (TPSA) is 32.9 Å². The third-order valence-electron chi connectivity index (χ3n) is 2.94. The number of hydrogen-bond acceptors (Lipinski definition) is 1. The zero-order valence-electron chi connectivity index (χ0n) is 9.65. The molecule has 0 saturated carbocycles. The van der Waals surface area contributed by atoms with Crippen molar-refractivity contribution >= 4 is 10.9 Å². The van der Waals surface area contributed by atoms with Gasteiger partial charge in [-0.3, -0.25) is 4.79 Å². The summed E-state index contributed by atoms with van der Waals surface area (Å²) < 4.78 is 13.3. The Morgan fingerprint density at radius 3 is 2.62 bits per heavy atom. The normalized spacial score (nSPS) is 11.0. The van der Waals surface area contributed by atoms with Gasteiger partial charge in [0.2, 0.25) is 0 Å². The van der Waals surface area contributed by atoms with Crippen molar-refractivity contribution in [1.29, 1.82) is 0 Å². The van der Waals surface area contributed by atoms with Crippen LogP contribution in [0.5, 0.6) is 0 Å². The Hall–Kier alpha value is -1.64. The molecule has 0 aliphatic rings. The summed E-state index contributed by atoms with van der Waals surface area (Å²) >= 11 is 0. The van der Waals surface area contributed by atoms with Gasteiger partial charge in [-0.2, -0.15) is 0 Å². The summed E-state index contributed by atoms with van der Waals surface area (Å²) in [5.74, 6) is -0.360. The van der Waals surface area contributed by atoms with E-state index in [0.29, 0.717) is 11.8 Å². The third kappa shape index (κ3) is 1.52. The molecule has 2 nitrogen and oxygen atoms in total. The van der Waals surface area contributed by atoms with Gasteiger partial charge in [-0.1, -0.05) is 6.92 Å².